The molecule has 1 aliphatic heterocycles. The number of nitrogens with one attached hydrogen (secondary N) is 1. The smallest absolute Gasteiger partial charge is 0.193 e. The molecule has 148 valence electrons. The van der Waals surface area contributed by atoms with Crippen LogP contribution in [0.1, 0.15) is 25.0 Å². The molecule has 0 atom stereocenters. The quantitative estimate of drug-likeness (QED) is 0.391. The van der Waals surface area contributed by atoms with Gasteiger partial charge in [0.15, 0.2) is 15.8 Å². The van der Waals surface area contributed by atoms with E-state index in [-0.39, 0.29) is 42.2 Å². The number of guanidine groups is 1. The van der Waals surface area contributed by atoms with Crippen molar-refractivity contribution in [3.05, 3.63) is 35.1 Å². The largest absolute Gasteiger partial charge is 0.380 e. The lowest BCUT2D eigenvalue weighted by atomic mass is 10.1. The van der Waals surface area contributed by atoms with Gasteiger partial charge in [-0.1, -0.05) is 6.07 Å². The van der Waals surface area contributed by atoms with Crippen LogP contribution in [0.3, 0.4) is 0 Å². The Hall–Kier alpha value is -0.940. The van der Waals surface area contributed by atoms with Gasteiger partial charge in [0.1, 0.15) is 5.82 Å². The van der Waals surface area contributed by atoms with E-state index >= 15 is 0 Å². The van der Waals surface area contributed by atoms with Gasteiger partial charge in [0.2, 0.25) is 0 Å². The van der Waals surface area contributed by atoms with Gasteiger partial charge >= 0.3 is 0 Å². The lowest BCUT2D eigenvalue weighted by Gasteiger charge is -2.39. The first-order valence-corrected chi connectivity index (χ1v) is 9.79. The maximum Gasteiger partial charge on any atom is 0.193 e. The molecule has 1 aromatic rings. The summed E-state index contributed by atoms with van der Waals surface area (Å²) in [6.07, 6.45) is 0. The van der Waals surface area contributed by atoms with Gasteiger partial charge in [-0.05, 0) is 31.5 Å². The minimum absolute atomic E-state index is 0. The average molecular weight is 499 g/mol. The predicted molar refractivity (Wildman–Crippen MR) is 112 cm³/mol. The molecule has 0 aliphatic carbocycles. The lowest BCUT2D eigenvalue weighted by Crippen LogP contribution is -2.57. The number of aliphatic imine (C=N–C) groups is 1. The molecule has 6 nitrogen and oxygen atoms in total. The monoisotopic (exact) mass is 499 g/mol. The van der Waals surface area contributed by atoms with E-state index in [1.807, 2.05) is 4.90 Å². The molecule has 0 aromatic heterocycles. The summed E-state index contributed by atoms with van der Waals surface area (Å²) in [5.41, 5.74) is 1.40. The topological polar surface area (TPSA) is 71.0 Å². The zero-order chi connectivity index (χ0) is 18.7. The van der Waals surface area contributed by atoms with Crippen LogP contribution in [-0.4, -0.2) is 57.0 Å². The van der Waals surface area contributed by atoms with Gasteiger partial charge in [0.25, 0.3) is 0 Å². The van der Waals surface area contributed by atoms with Crippen molar-refractivity contribution in [1.29, 1.82) is 0 Å². The van der Waals surface area contributed by atoms with Gasteiger partial charge in [-0.25, -0.2) is 12.8 Å². The Morgan fingerprint density at radius 3 is 2.69 bits per heavy atom. The summed E-state index contributed by atoms with van der Waals surface area (Å²) in [6.45, 7) is 4.94. The van der Waals surface area contributed by atoms with Crippen LogP contribution in [-0.2, 0) is 27.7 Å². The predicted octanol–water partition coefficient (Wildman–Crippen LogP) is 2.17. The van der Waals surface area contributed by atoms with Crippen molar-refractivity contribution in [2.24, 2.45) is 4.99 Å². The van der Waals surface area contributed by atoms with Gasteiger partial charge in [-0.3, -0.25) is 4.99 Å². The van der Waals surface area contributed by atoms with Crippen LogP contribution >= 0.6 is 24.0 Å². The van der Waals surface area contributed by atoms with Crippen molar-refractivity contribution < 1.29 is 17.5 Å². The molecule has 0 bridgehead atoms. The Morgan fingerprint density at radius 1 is 1.42 bits per heavy atom. The fourth-order valence-electron chi connectivity index (χ4n) is 2.84. The molecule has 0 saturated carbocycles. The van der Waals surface area contributed by atoms with E-state index in [1.54, 1.807) is 33.0 Å². The first-order valence-electron chi connectivity index (χ1n) is 8.14. The van der Waals surface area contributed by atoms with Crippen molar-refractivity contribution in [2.45, 2.75) is 31.7 Å². The summed E-state index contributed by atoms with van der Waals surface area (Å²) < 4.78 is 42.1. The highest BCUT2D eigenvalue weighted by molar-refractivity contribution is 14.0. The number of hydrogen-bond donors (Lipinski definition) is 1. The van der Waals surface area contributed by atoms with E-state index in [2.05, 4.69) is 10.3 Å². The molecule has 2 rings (SSSR count). The van der Waals surface area contributed by atoms with Crippen molar-refractivity contribution in [3.63, 3.8) is 0 Å². The third kappa shape index (κ3) is 5.29. The van der Waals surface area contributed by atoms with Gasteiger partial charge in [-0.2, -0.15) is 0 Å². The summed E-state index contributed by atoms with van der Waals surface area (Å²) in [6, 6.07) is 4.88. The number of benzene rings is 1. The number of methoxy groups -OCH3 is 1. The standard InChI is InChI=1S/C17H26FN3O3S.HI/c1-17(2)12-21(7-8-25(17,22)23)16(19-3)20-10-13-5-6-15(18)14(9-13)11-24-4;/h5-6,9H,7-8,10-12H2,1-4H3,(H,19,20);1H. The Labute approximate surface area is 172 Å². The van der Waals surface area contributed by atoms with Crippen molar-refractivity contribution >= 4 is 39.8 Å². The molecule has 1 fully saturated rings. The van der Waals surface area contributed by atoms with Crippen molar-refractivity contribution in [1.82, 2.24) is 10.2 Å². The van der Waals surface area contributed by atoms with E-state index < -0.39 is 14.6 Å². The van der Waals surface area contributed by atoms with E-state index in [0.717, 1.165) is 5.56 Å². The maximum atomic E-state index is 13.7. The normalized spacial score (nSPS) is 19.0. The van der Waals surface area contributed by atoms with Crippen LogP contribution < -0.4 is 5.32 Å². The van der Waals surface area contributed by atoms with E-state index in [0.29, 0.717) is 31.2 Å². The molecule has 0 amide bonds. The second kappa shape index (κ2) is 9.32. The molecule has 26 heavy (non-hydrogen) atoms. The number of halogens is 2. The molecule has 0 unspecified atom stereocenters. The summed E-state index contributed by atoms with van der Waals surface area (Å²) in [5, 5.41) is 3.23. The molecule has 1 heterocycles. The number of hydrogen-bond acceptors (Lipinski definition) is 4. The lowest BCUT2D eigenvalue weighted by molar-refractivity contribution is 0.181. The van der Waals surface area contributed by atoms with E-state index in [4.69, 9.17) is 4.74 Å². The minimum atomic E-state index is -3.10. The minimum Gasteiger partial charge on any atom is -0.380 e. The first-order chi connectivity index (χ1) is 11.7. The van der Waals surface area contributed by atoms with Crippen LogP contribution in [0, 0.1) is 5.82 Å². The first kappa shape index (κ1) is 23.1. The second-order valence-corrected chi connectivity index (χ2v) is 9.50. The third-order valence-electron chi connectivity index (χ3n) is 4.42. The molecule has 0 radical (unpaired) electrons. The third-order valence-corrected chi connectivity index (χ3v) is 6.95. The highest BCUT2D eigenvalue weighted by atomic mass is 127. The van der Waals surface area contributed by atoms with Crippen LogP contribution in [0.15, 0.2) is 23.2 Å². The van der Waals surface area contributed by atoms with Gasteiger partial charge in [-0.15, -0.1) is 24.0 Å². The summed E-state index contributed by atoms with van der Waals surface area (Å²) in [4.78, 5) is 6.20. The van der Waals surface area contributed by atoms with Crippen LogP contribution in [0.4, 0.5) is 4.39 Å². The van der Waals surface area contributed by atoms with Gasteiger partial charge in [0, 0.05) is 39.4 Å². The van der Waals surface area contributed by atoms with Crippen molar-refractivity contribution in [2.75, 3.05) is 33.0 Å². The fraction of sp³-hybridized carbons (Fsp3) is 0.588. The SMILES string of the molecule is CN=C(NCc1ccc(F)c(COC)c1)N1CCS(=O)(=O)C(C)(C)C1.I. The average Bonchev–Trinajstić information content (AvgIpc) is 2.54. The number of nitrogens with zero attached hydrogens (tertiary/aromatic N) is 2. The maximum absolute atomic E-state index is 13.7. The Morgan fingerprint density at radius 2 is 2.12 bits per heavy atom. The van der Waals surface area contributed by atoms with Gasteiger partial charge < -0.3 is 15.0 Å². The van der Waals surface area contributed by atoms with Gasteiger partial charge in [0.05, 0.1) is 17.1 Å². The second-order valence-electron chi connectivity index (χ2n) is 6.76. The molecular formula is C17H27FIN3O3S. The Bertz CT molecular complexity index is 754. The zero-order valence-corrected chi connectivity index (χ0v) is 18.7. The molecular weight excluding hydrogens is 472 g/mol. The number of rotatable bonds is 4. The zero-order valence-electron chi connectivity index (χ0n) is 15.6. The van der Waals surface area contributed by atoms with E-state index in [1.165, 1.54) is 13.2 Å². The van der Waals surface area contributed by atoms with Crippen molar-refractivity contribution in [3.8, 4) is 0 Å². The number of ether oxygens (including phenoxy) is 1. The molecule has 1 N–H and O–H groups in total. The fourth-order valence-corrected chi connectivity index (χ4v) is 4.21. The summed E-state index contributed by atoms with van der Waals surface area (Å²) >= 11 is 0. The molecule has 1 aromatic carbocycles. The molecule has 0 spiro atoms. The highest BCUT2D eigenvalue weighted by Gasteiger charge is 2.40. The molecule has 1 aliphatic rings. The Balaban J connectivity index is 0.00000338. The molecule has 1 saturated heterocycles. The molecule has 9 heteroatoms. The summed E-state index contributed by atoms with van der Waals surface area (Å²) in [5.74, 6) is 0.452. The summed E-state index contributed by atoms with van der Waals surface area (Å²) in [7, 11) is 0.0928. The Kier molecular flexibility index (Phi) is 8.28. The highest BCUT2D eigenvalue weighted by Crippen LogP contribution is 2.23. The van der Waals surface area contributed by atoms with Crippen LogP contribution in [0.5, 0.6) is 0 Å². The van der Waals surface area contributed by atoms with Crippen LogP contribution in [0.25, 0.3) is 0 Å². The van der Waals surface area contributed by atoms with Crippen LogP contribution in [0.2, 0.25) is 0 Å². The number of sulfone groups is 1. The van der Waals surface area contributed by atoms with E-state index in [9.17, 15) is 12.8 Å².